The Hall–Kier alpha value is -2.61. The lowest BCUT2D eigenvalue weighted by atomic mass is 9.99. The predicted molar refractivity (Wildman–Crippen MR) is 116 cm³/mol. The molecule has 0 spiro atoms. The number of halogens is 1. The normalized spacial score (nSPS) is 14.2. The molecule has 9 nitrogen and oxygen atoms in total. The molecule has 2 atom stereocenters. The summed E-state index contributed by atoms with van der Waals surface area (Å²) < 4.78 is 29.7. The van der Waals surface area contributed by atoms with E-state index in [1.54, 1.807) is 0 Å². The van der Waals surface area contributed by atoms with Gasteiger partial charge in [0.05, 0.1) is 11.5 Å². The van der Waals surface area contributed by atoms with Crippen molar-refractivity contribution in [2.75, 3.05) is 6.61 Å². The topological polar surface area (TPSA) is 117 Å². The molecule has 0 unspecified atom stereocenters. The van der Waals surface area contributed by atoms with Crippen molar-refractivity contribution >= 4 is 31.0 Å². The summed E-state index contributed by atoms with van der Waals surface area (Å²) in [5.74, 6) is -0.412. The van der Waals surface area contributed by atoms with Crippen LogP contribution in [0.1, 0.15) is 27.7 Å². The molecule has 0 aliphatic rings. The number of esters is 1. The monoisotopic (exact) mass is 470 g/mol. The lowest BCUT2D eigenvalue weighted by Gasteiger charge is -2.24. The SMILES string of the molecule is C[C@H](N[P@](=O)(Oc1ccc(Cl)cc1)Oc1ccc([N+](=O)[O-])cc1)C(=O)OCC(C)(C)C. The fourth-order valence-corrected chi connectivity index (χ4v) is 3.82. The average molecular weight is 471 g/mol. The van der Waals surface area contributed by atoms with E-state index in [4.69, 9.17) is 25.4 Å². The molecule has 0 radical (unpaired) electrons. The molecule has 2 rings (SSSR count). The molecule has 2 aromatic rings. The van der Waals surface area contributed by atoms with Crippen molar-refractivity contribution in [1.29, 1.82) is 0 Å². The Kier molecular flexibility index (Phi) is 8.06. The molecule has 1 N–H and O–H groups in total. The molecule has 2 aromatic carbocycles. The molecule has 168 valence electrons. The molecule has 11 heteroatoms. The number of nitro groups is 1. The third kappa shape index (κ3) is 8.20. The number of non-ortho nitro benzene ring substituents is 1. The Morgan fingerprint density at radius 2 is 1.58 bits per heavy atom. The van der Waals surface area contributed by atoms with Crippen LogP contribution in [0.2, 0.25) is 5.02 Å². The van der Waals surface area contributed by atoms with E-state index in [0.717, 1.165) is 0 Å². The molecule has 0 aromatic heterocycles. The van der Waals surface area contributed by atoms with E-state index in [9.17, 15) is 19.5 Å². The minimum atomic E-state index is -4.16. The van der Waals surface area contributed by atoms with Crippen LogP contribution in [-0.4, -0.2) is 23.5 Å². The standard InChI is InChI=1S/C20H24ClN2O7P/c1-14(19(24)28-13-20(2,3)4)22-31(27,29-17-9-5-15(21)6-10-17)30-18-11-7-16(8-12-18)23(25)26/h5-12,14H,13H2,1-4H3,(H,22,27)/t14-,31-/m0/s1. The van der Waals surface area contributed by atoms with E-state index in [2.05, 4.69) is 5.09 Å². The van der Waals surface area contributed by atoms with Crippen molar-refractivity contribution in [3.63, 3.8) is 0 Å². The van der Waals surface area contributed by atoms with Crippen LogP contribution < -0.4 is 14.1 Å². The number of hydrogen-bond acceptors (Lipinski definition) is 7. The lowest BCUT2D eigenvalue weighted by Crippen LogP contribution is -2.37. The Labute approximate surface area is 185 Å². The molecule has 0 heterocycles. The van der Waals surface area contributed by atoms with E-state index in [0.29, 0.717) is 5.02 Å². The van der Waals surface area contributed by atoms with Gasteiger partial charge in [0.15, 0.2) is 0 Å². The van der Waals surface area contributed by atoms with Crippen molar-refractivity contribution in [2.24, 2.45) is 5.41 Å². The molecule has 31 heavy (non-hydrogen) atoms. The van der Waals surface area contributed by atoms with Crippen LogP contribution in [0.4, 0.5) is 5.69 Å². The summed E-state index contributed by atoms with van der Waals surface area (Å²) in [5, 5.41) is 13.8. The van der Waals surface area contributed by atoms with Crippen LogP contribution in [0.3, 0.4) is 0 Å². The van der Waals surface area contributed by atoms with Crippen LogP contribution >= 0.6 is 19.3 Å². The molecular weight excluding hydrogens is 447 g/mol. The second-order valence-corrected chi connectivity index (χ2v) is 9.96. The maximum absolute atomic E-state index is 13.4. The van der Waals surface area contributed by atoms with Gasteiger partial charge in [-0.1, -0.05) is 32.4 Å². The third-order valence-electron chi connectivity index (χ3n) is 3.67. The number of rotatable bonds is 9. The summed E-state index contributed by atoms with van der Waals surface area (Å²) in [6, 6.07) is 9.96. The van der Waals surface area contributed by atoms with Gasteiger partial charge in [-0.05, 0) is 48.7 Å². The summed E-state index contributed by atoms with van der Waals surface area (Å²) in [6.07, 6.45) is 0. The highest BCUT2D eigenvalue weighted by molar-refractivity contribution is 7.52. The van der Waals surface area contributed by atoms with Crippen molar-refractivity contribution < 1.29 is 28.1 Å². The van der Waals surface area contributed by atoms with E-state index < -0.39 is 24.7 Å². The lowest BCUT2D eigenvalue weighted by molar-refractivity contribution is -0.384. The maximum atomic E-state index is 13.4. The van der Waals surface area contributed by atoms with Gasteiger partial charge >= 0.3 is 13.7 Å². The second kappa shape index (κ2) is 10.1. The fraction of sp³-hybridized carbons (Fsp3) is 0.350. The zero-order valence-electron chi connectivity index (χ0n) is 17.5. The van der Waals surface area contributed by atoms with E-state index in [1.807, 2.05) is 20.8 Å². The highest BCUT2D eigenvalue weighted by atomic mass is 35.5. The third-order valence-corrected chi connectivity index (χ3v) is 5.52. The quantitative estimate of drug-likeness (QED) is 0.224. The predicted octanol–water partition coefficient (Wildman–Crippen LogP) is 5.38. The zero-order valence-corrected chi connectivity index (χ0v) is 19.2. The molecular formula is C20H24ClN2O7P. The summed E-state index contributed by atoms with van der Waals surface area (Å²) in [4.78, 5) is 22.6. The van der Waals surface area contributed by atoms with Crippen molar-refractivity contribution in [2.45, 2.75) is 33.7 Å². The zero-order chi connectivity index (χ0) is 23.2. The molecule has 0 saturated carbocycles. The molecule has 0 amide bonds. The molecule has 0 aliphatic heterocycles. The molecule has 0 aliphatic carbocycles. The Morgan fingerprint density at radius 3 is 2.03 bits per heavy atom. The second-order valence-electron chi connectivity index (χ2n) is 7.90. The van der Waals surface area contributed by atoms with Gasteiger partial charge in [-0.2, -0.15) is 5.09 Å². The summed E-state index contributed by atoms with van der Waals surface area (Å²) >= 11 is 5.86. The fourth-order valence-electron chi connectivity index (χ4n) is 2.18. The first kappa shape index (κ1) is 24.7. The number of nitrogens with one attached hydrogen (secondary N) is 1. The minimum absolute atomic E-state index is 0.0469. The Bertz CT molecular complexity index is 959. The van der Waals surface area contributed by atoms with E-state index in [-0.39, 0.29) is 29.2 Å². The number of benzene rings is 2. The largest absolute Gasteiger partial charge is 0.513 e. The summed E-state index contributed by atoms with van der Waals surface area (Å²) in [5.41, 5.74) is -0.401. The van der Waals surface area contributed by atoms with Crippen LogP contribution in [0.25, 0.3) is 0 Å². The Balaban J connectivity index is 2.22. The Morgan fingerprint density at radius 1 is 1.10 bits per heavy atom. The van der Waals surface area contributed by atoms with Crippen LogP contribution in [-0.2, 0) is 14.1 Å². The number of nitro benzene ring substituents is 1. The smallest absolute Gasteiger partial charge is 0.464 e. The first-order chi connectivity index (χ1) is 14.4. The highest BCUT2D eigenvalue weighted by Crippen LogP contribution is 2.45. The van der Waals surface area contributed by atoms with E-state index in [1.165, 1.54) is 55.5 Å². The maximum Gasteiger partial charge on any atom is 0.513 e. The molecule has 0 bridgehead atoms. The number of nitrogens with zero attached hydrogens (tertiary/aromatic N) is 1. The van der Waals surface area contributed by atoms with Gasteiger partial charge in [0.2, 0.25) is 0 Å². The van der Waals surface area contributed by atoms with E-state index >= 15 is 0 Å². The average Bonchev–Trinajstić information content (AvgIpc) is 2.67. The van der Waals surface area contributed by atoms with Gasteiger partial charge in [0.1, 0.15) is 17.5 Å². The van der Waals surface area contributed by atoms with Crippen LogP contribution in [0.15, 0.2) is 48.5 Å². The van der Waals surface area contributed by atoms with Crippen molar-refractivity contribution in [3.8, 4) is 11.5 Å². The van der Waals surface area contributed by atoms with Crippen molar-refractivity contribution in [3.05, 3.63) is 63.7 Å². The van der Waals surface area contributed by atoms with Gasteiger partial charge in [0, 0.05) is 17.2 Å². The van der Waals surface area contributed by atoms with Crippen molar-refractivity contribution in [1.82, 2.24) is 5.09 Å². The number of carbonyl (C=O) groups is 1. The van der Waals surface area contributed by atoms with Gasteiger partial charge in [-0.25, -0.2) is 4.57 Å². The summed E-state index contributed by atoms with van der Waals surface area (Å²) in [6.45, 7) is 7.35. The number of hydrogen-bond donors (Lipinski definition) is 1. The van der Waals surface area contributed by atoms with Gasteiger partial charge in [0.25, 0.3) is 5.69 Å². The molecule has 0 saturated heterocycles. The van der Waals surface area contributed by atoms with Crippen LogP contribution in [0, 0.1) is 15.5 Å². The summed E-state index contributed by atoms with van der Waals surface area (Å²) in [7, 11) is -4.16. The molecule has 0 fully saturated rings. The first-order valence-corrected chi connectivity index (χ1v) is 11.2. The first-order valence-electron chi connectivity index (χ1n) is 9.31. The number of carbonyl (C=O) groups excluding carboxylic acids is 1. The number of ether oxygens (including phenoxy) is 1. The van der Waals surface area contributed by atoms with Gasteiger partial charge in [-0.3, -0.25) is 14.9 Å². The minimum Gasteiger partial charge on any atom is -0.464 e. The van der Waals surface area contributed by atoms with Gasteiger partial charge in [-0.15, -0.1) is 0 Å². The highest BCUT2D eigenvalue weighted by Gasteiger charge is 2.34. The van der Waals surface area contributed by atoms with Gasteiger partial charge < -0.3 is 13.8 Å². The van der Waals surface area contributed by atoms with Crippen LogP contribution in [0.5, 0.6) is 11.5 Å².